The summed E-state index contributed by atoms with van der Waals surface area (Å²) in [6, 6.07) is 4.48. The third-order valence-corrected chi connectivity index (χ3v) is 4.92. The molecule has 1 aliphatic heterocycles. The summed E-state index contributed by atoms with van der Waals surface area (Å²) in [5.41, 5.74) is 2.91. The maximum atomic E-state index is 5.62. The van der Waals surface area contributed by atoms with Crippen LogP contribution in [0.2, 0.25) is 0 Å². The summed E-state index contributed by atoms with van der Waals surface area (Å²) in [6.07, 6.45) is 6.33. The fourth-order valence-corrected chi connectivity index (χ4v) is 3.76. The van der Waals surface area contributed by atoms with E-state index in [-0.39, 0.29) is 6.04 Å². The van der Waals surface area contributed by atoms with Crippen LogP contribution in [0.3, 0.4) is 0 Å². The highest BCUT2D eigenvalue weighted by atomic mass is 79.9. The Morgan fingerprint density at radius 2 is 2.47 bits per heavy atom. The van der Waals surface area contributed by atoms with Gasteiger partial charge in [0, 0.05) is 11.5 Å². The fourth-order valence-electron chi connectivity index (χ4n) is 2.24. The van der Waals surface area contributed by atoms with Gasteiger partial charge in [0.2, 0.25) is 0 Å². The van der Waals surface area contributed by atoms with Crippen LogP contribution in [0.1, 0.15) is 43.0 Å². The highest BCUT2D eigenvalue weighted by Gasteiger charge is 2.17. The van der Waals surface area contributed by atoms with Gasteiger partial charge in [-0.2, -0.15) is 0 Å². The summed E-state index contributed by atoms with van der Waals surface area (Å²) in [5.74, 6) is 5.62. The van der Waals surface area contributed by atoms with Gasteiger partial charge in [-0.25, -0.2) is 0 Å². The molecule has 2 rings (SSSR count). The molecule has 1 fully saturated rings. The zero-order valence-electron chi connectivity index (χ0n) is 9.82. The van der Waals surface area contributed by atoms with Gasteiger partial charge in [0.15, 0.2) is 0 Å². The van der Waals surface area contributed by atoms with Crippen molar-refractivity contribution in [2.75, 3.05) is 6.61 Å². The normalized spacial score (nSPS) is 21.9. The monoisotopic (exact) mass is 318 g/mol. The summed E-state index contributed by atoms with van der Waals surface area (Å²) in [5, 5.41) is 0. The molecule has 1 aromatic rings. The molecule has 2 heterocycles. The lowest BCUT2D eigenvalue weighted by Gasteiger charge is -2.15. The van der Waals surface area contributed by atoms with E-state index >= 15 is 0 Å². The van der Waals surface area contributed by atoms with Gasteiger partial charge in [-0.05, 0) is 60.2 Å². The molecule has 3 N–H and O–H groups in total. The van der Waals surface area contributed by atoms with Crippen LogP contribution < -0.4 is 11.3 Å². The second kappa shape index (κ2) is 6.85. The molecule has 0 radical (unpaired) electrons. The molecule has 1 saturated heterocycles. The van der Waals surface area contributed by atoms with Gasteiger partial charge in [0.05, 0.1) is 15.9 Å². The first-order chi connectivity index (χ1) is 8.29. The summed E-state index contributed by atoms with van der Waals surface area (Å²) in [7, 11) is 0. The van der Waals surface area contributed by atoms with Crippen LogP contribution in [0, 0.1) is 0 Å². The molecule has 0 amide bonds. The van der Waals surface area contributed by atoms with Crippen LogP contribution in [-0.2, 0) is 4.74 Å². The Hall–Kier alpha value is 0.0600. The molecule has 17 heavy (non-hydrogen) atoms. The number of rotatable bonds is 6. The standard InChI is InChI=1S/C12H19BrN2OS/c13-12-7-6-11(17-12)10(15-14)5-1-3-9-4-2-8-16-9/h6-7,9-10,15H,1-5,8,14H2. The van der Waals surface area contributed by atoms with Crippen molar-refractivity contribution in [3.8, 4) is 0 Å². The molecule has 96 valence electrons. The molecule has 2 atom stereocenters. The fraction of sp³-hybridized carbons (Fsp3) is 0.667. The minimum absolute atomic E-state index is 0.271. The first-order valence-electron chi connectivity index (χ1n) is 6.12. The van der Waals surface area contributed by atoms with Crippen LogP contribution in [0.4, 0.5) is 0 Å². The lowest BCUT2D eigenvalue weighted by molar-refractivity contribution is 0.101. The SMILES string of the molecule is NNC(CCCC1CCCO1)c1ccc(Br)s1. The largest absolute Gasteiger partial charge is 0.378 e. The number of hydrogen-bond acceptors (Lipinski definition) is 4. The lowest BCUT2D eigenvalue weighted by atomic mass is 10.0. The Bertz CT molecular complexity index is 339. The summed E-state index contributed by atoms with van der Waals surface area (Å²) in [6.45, 7) is 0.946. The van der Waals surface area contributed by atoms with Crippen LogP contribution in [0.25, 0.3) is 0 Å². The summed E-state index contributed by atoms with van der Waals surface area (Å²) in [4.78, 5) is 1.30. The molecule has 0 spiro atoms. The molecule has 5 heteroatoms. The number of halogens is 1. The number of thiophene rings is 1. The van der Waals surface area contributed by atoms with Crippen LogP contribution in [0.15, 0.2) is 15.9 Å². The molecule has 2 unspecified atom stereocenters. The maximum absolute atomic E-state index is 5.62. The van der Waals surface area contributed by atoms with E-state index in [0.717, 1.165) is 29.7 Å². The van der Waals surface area contributed by atoms with Crippen LogP contribution in [0.5, 0.6) is 0 Å². The van der Waals surface area contributed by atoms with E-state index in [4.69, 9.17) is 10.6 Å². The van der Waals surface area contributed by atoms with Crippen molar-refractivity contribution in [1.29, 1.82) is 0 Å². The molecule has 0 aromatic carbocycles. The predicted molar refractivity (Wildman–Crippen MR) is 74.9 cm³/mol. The van der Waals surface area contributed by atoms with Crippen molar-refractivity contribution in [3.63, 3.8) is 0 Å². The van der Waals surface area contributed by atoms with Crippen molar-refractivity contribution < 1.29 is 4.74 Å². The molecule has 0 aliphatic carbocycles. The predicted octanol–water partition coefficient (Wildman–Crippen LogP) is 3.36. The minimum atomic E-state index is 0.271. The first kappa shape index (κ1) is 13.5. The molecule has 0 bridgehead atoms. The van der Waals surface area contributed by atoms with Crippen molar-refractivity contribution in [3.05, 3.63) is 20.8 Å². The van der Waals surface area contributed by atoms with Gasteiger partial charge in [0.25, 0.3) is 0 Å². The van der Waals surface area contributed by atoms with E-state index in [2.05, 4.69) is 33.5 Å². The smallest absolute Gasteiger partial charge is 0.0702 e. The highest BCUT2D eigenvalue weighted by Crippen LogP contribution is 2.30. The summed E-state index contributed by atoms with van der Waals surface area (Å²) < 4.78 is 6.78. The molecule has 0 saturated carbocycles. The average molecular weight is 319 g/mol. The lowest BCUT2D eigenvalue weighted by Crippen LogP contribution is -2.27. The number of nitrogens with two attached hydrogens (primary N) is 1. The quantitative estimate of drug-likeness (QED) is 0.624. The Labute approximate surface area is 115 Å². The van der Waals surface area contributed by atoms with E-state index in [9.17, 15) is 0 Å². The number of ether oxygens (including phenoxy) is 1. The third kappa shape index (κ3) is 4.03. The number of hydrazine groups is 1. The Kier molecular flexibility index (Phi) is 5.44. The Balaban J connectivity index is 1.75. The zero-order valence-corrected chi connectivity index (χ0v) is 12.2. The van der Waals surface area contributed by atoms with Gasteiger partial charge >= 0.3 is 0 Å². The van der Waals surface area contributed by atoms with E-state index in [0.29, 0.717) is 6.10 Å². The van der Waals surface area contributed by atoms with E-state index < -0.39 is 0 Å². The van der Waals surface area contributed by atoms with Crippen molar-refractivity contribution >= 4 is 27.3 Å². The second-order valence-electron chi connectivity index (χ2n) is 4.43. The topological polar surface area (TPSA) is 47.3 Å². The second-order valence-corrected chi connectivity index (χ2v) is 6.92. The Morgan fingerprint density at radius 3 is 3.06 bits per heavy atom. The van der Waals surface area contributed by atoms with Crippen LogP contribution >= 0.6 is 27.3 Å². The van der Waals surface area contributed by atoms with E-state index in [1.54, 1.807) is 11.3 Å². The van der Waals surface area contributed by atoms with Gasteiger partial charge < -0.3 is 4.74 Å². The average Bonchev–Trinajstić information content (AvgIpc) is 2.96. The molecule has 3 nitrogen and oxygen atoms in total. The third-order valence-electron chi connectivity index (χ3n) is 3.18. The molecular formula is C12H19BrN2OS. The summed E-state index contributed by atoms with van der Waals surface area (Å²) >= 11 is 5.23. The Morgan fingerprint density at radius 1 is 1.59 bits per heavy atom. The molecule has 1 aliphatic rings. The van der Waals surface area contributed by atoms with Gasteiger partial charge in [-0.1, -0.05) is 0 Å². The van der Waals surface area contributed by atoms with Gasteiger partial charge in [-0.15, -0.1) is 11.3 Å². The number of nitrogens with one attached hydrogen (secondary N) is 1. The molecular weight excluding hydrogens is 300 g/mol. The zero-order chi connectivity index (χ0) is 12.1. The van der Waals surface area contributed by atoms with Crippen LogP contribution in [-0.4, -0.2) is 12.7 Å². The highest BCUT2D eigenvalue weighted by molar-refractivity contribution is 9.11. The van der Waals surface area contributed by atoms with Gasteiger partial charge in [0.1, 0.15) is 0 Å². The minimum Gasteiger partial charge on any atom is -0.378 e. The molecule has 1 aromatic heterocycles. The first-order valence-corrected chi connectivity index (χ1v) is 7.73. The van der Waals surface area contributed by atoms with E-state index in [1.165, 1.54) is 17.7 Å². The van der Waals surface area contributed by atoms with E-state index in [1.807, 2.05) is 0 Å². The maximum Gasteiger partial charge on any atom is 0.0702 e. The van der Waals surface area contributed by atoms with Crippen molar-refractivity contribution in [2.45, 2.75) is 44.2 Å². The van der Waals surface area contributed by atoms with Gasteiger partial charge in [-0.3, -0.25) is 11.3 Å². The number of hydrogen-bond donors (Lipinski definition) is 2. The van der Waals surface area contributed by atoms with Crippen molar-refractivity contribution in [2.24, 2.45) is 5.84 Å². The van der Waals surface area contributed by atoms with Crippen molar-refractivity contribution in [1.82, 2.24) is 5.43 Å².